The van der Waals surface area contributed by atoms with Crippen LogP contribution in [0.25, 0.3) is 5.57 Å². The van der Waals surface area contributed by atoms with Gasteiger partial charge in [0.15, 0.2) is 6.10 Å². The molecule has 0 amide bonds. The molecule has 79 heavy (non-hydrogen) atoms. The molecule has 0 aromatic carbocycles. The number of nitrogens with zero attached hydrogens (tertiary/aromatic N) is 3. The van der Waals surface area contributed by atoms with Crippen LogP contribution in [0.3, 0.4) is 0 Å². The zero-order chi connectivity index (χ0) is 57.4. The summed E-state index contributed by atoms with van der Waals surface area (Å²) in [6.07, 6.45) is 47.1. The highest BCUT2D eigenvalue weighted by molar-refractivity contribution is 6.99. The summed E-state index contributed by atoms with van der Waals surface area (Å²) >= 11 is 1.23. The minimum Gasteiger partial charge on any atom is -0.462 e. The number of esters is 4. The summed E-state index contributed by atoms with van der Waals surface area (Å²) in [6, 6.07) is 0. The van der Waals surface area contributed by atoms with Crippen LogP contribution < -0.4 is 0 Å². The molecular weight excluding hydrogens is 1010 g/mol. The first-order valence-corrected chi connectivity index (χ1v) is 33.8. The van der Waals surface area contributed by atoms with Crippen molar-refractivity contribution in [1.82, 2.24) is 8.75 Å². The number of ether oxygens (including phenoxy) is 5. The van der Waals surface area contributed by atoms with Gasteiger partial charge >= 0.3 is 23.9 Å². The van der Waals surface area contributed by atoms with Gasteiger partial charge in [-0.15, -0.1) is 0 Å². The molecule has 0 bridgehead atoms. The first-order valence-electron chi connectivity index (χ1n) is 33.1. The highest BCUT2D eigenvalue weighted by Gasteiger charge is 2.37. The van der Waals surface area contributed by atoms with E-state index in [1.807, 2.05) is 20.8 Å². The maximum Gasteiger partial charge on any atom is 0.313 e. The van der Waals surface area contributed by atoms with E-state index < -0.39 is 6.10 Å². The summed E-state index contributed by atoms with van der Waals surface area (Å²) in [5.74, 6) is -1.54. The van der Waals surface area contributed by atoms with Crippen LogP contribution in [0.5, 0.6) is 0 Å². The Bertz CT molecular complexity index is 1660. The number of unbranched alkanes of at least 4 members (excludes halogenated alkanes) is 32. The van der Waals surface area contributed by atoms with Crippen molar-refractivity contribution in [3.63, 3.8) is 0 Å². The van der Waals surface area contributed by atoms with Crippen molar-refractivity contribution >= 4 is 41.2 Å². The van der Waals surface area contributed by atoms with Crippen LogP contribution in [0.4, 0.5) is 0 Å². The second kappa shape index (κ2) is 48.6. The van der Waals surface area contributed by atoms with Crippen molar-refractivity contribution < 1.29 is 47.3 Å². The van der Waals surface area contributed by atoms with Gasteiger partial charge in [-0.3, -0.25) is 23.7 Å². The Balaban J connectivity index is 1.67. The molecule has 3 unspecified atom stereocenters. The number of aromatic nitrogens is 2. The van der Waals surface area contributed by atoms with Crippen LogP contribution in [0, 0.1) is 11.8 Å². The van der Waals surface area contributed by atoms with E-state index in [1.165, 1.54) is 147 Å². The Morgan fingerprint density at radius 3 is 1.35 bits per heavy atom. The van der Waals surface area contributed by atoms with Gasteiger partial charge in [-0.2, -0.15) is 8.75 Å². The van der Waals surface area contributed by atoms with Gasteiger partial charge in [0.2, 0.25) is 6.23 Å². The molecule has 0 radical (unpaired) electrons. The van der Waals surface area contributed by atoms with Gasteiger partial charge in [-0.1, -0.05) is 253 Å². The predicted octanol–water partition coefficient (Wildman–Crippen LogP) is 18.1. The van der Waals surface area contributed by atoms with Crippen LogP contribution in [0.2, 0.25) is 0 Å². The highest BCUT2D eigenvalue weighted by atomic mass is 32.1. The molecule has 458 valence electrons. The third kappa shape index (κ3) is 37.0. The van der Waals surface area contributed by atoms with Gasteiger partial charge in [0.05, 0.1) is 43.8 Å². The maximum atomic E-state index is 13.3. The lowest BCUT2D eigenvalue weighted by Crippen LogP contribution is -2.55. The Morgan fingerprint density at radius 1 is 0.519 bits per heavy atom. The molecule has 0 aliphatic carbocycles. The Morgan fingerprint density at radius 2 is 0.911 bits per heavy atom. The quantitative estimate of drug-likeness (QED) is 0.0266. The molecule has 1 aromatic rings. The minimum absolute atomic E-state index is 0.109. The lowest BCUT2D eigenvalue weighted by molar-refractivity contribution is -0.944. The van der Waals surface area contributed by atoms with Gasteiger partial charge < -0.3 is 23.7 Å². The molecule has 0 saturated heterocycles. The highest BCUT2D eigenvalue weighted by Crippen LogP contribution is 2.30. The Hall–Kier alpha value is -2.90. The molecule has 12 nitrogen and oxygen atoms in total. The second-order valence-electron chi connectivity index (χ2n) is 24.0. The maximum absolute atomic E-state index is 13.3. The first kappa shape index (κ1) is 72.2. The zero-order valence-corrected chi connectivity index (χ0v) is 52.9. The van der Waals surface area contributed by atoms with Gasteiger partial charge in [0.1, 0.15) is 31.1 Å². The molecule has 1 aromatic heterocycles. The fourth-order valence-corrected chi connectivity index (χ4v) is 11.2. The molecule has 1 aliphatic heterocycles. The third-order valence-corrected chi connectivity index (χ3v) is 17.0. The van der Waals surface area contributed by atoms with E-state index in [9.17, 15) is 19.2 Å². The van der Waals surface area contributed by atoms with Crippen LogP contribution in [0.15, 0.2) is 6.08 Å². The van der Waals surface area contributed by atoms with E-state index in [2.05, 4.69) is 42.6 Å². The summed E-state index contributed by atoms with van der Waals surface area (Å²) in [5, 5.41) is 0. The molecule has 2 heterocycles. The Labute approximate surface area is 488 Å². The van der Waals surface area contributed by atoms with Gasteiger partial charge in [-0.25, -0.2) is 0 Å². The lowest BCUT2D eigenvalue weighted by atomic mass is 10.00. The van der Waals surface area contributed by atoms with Crippen molar-refractivity contribution in [3.8, 4) is 0 Å². The molecule has 0 N–H and O–H groups in total. The lowest BCUT2D eigenvalue weighted by Gasteiger charge is -2.41. The predicted molar refractivity (Wildman–Crippen MR) is 325 cm³/mol. The third-order valence-electron chi connectivity index (χ3n) is 16.4. The number of likely N-dealkylation sites (N-methyl/N-ethyl adjacent to an activating group) is 1. The van der Waals surface area contributed by atoms with E-state index in [0.717, 1.165) is 146 Å². The summed E-state index contributed by atoms with van der Waals surface area (Å²) in [5.41, 5.74) is 2.98. The number of carbonyl (C=O) groups is 4. The standard InChI is InChI=1S/C66H120N3O9S/c1-8-11-14-16-18-20-22-24-26-28-33-37-41-48-62(70)75-53-60(54-76-63(71)49-42-38-34-29-27-25-23-21-19-17-15-12-9-2)78-66(73)57(5)46-40-36-32-30-31-35-39-45-56(4)65(72)77-58(6)69(7)50-44-47-59(52-69)64-61(67-79-68-64)55-74-51-43-13-10-3/h47,56-58,60H,8-46,48-55H2,1-7H3/q+1/t56?,57?,58-,69?/m0/s1. The van der Waals surface area contributed by atoms with Crippen LogP contribution in [-0.4, -0.2) is 89.4 Å². The largest absolute Gasteiger partial charge is 0.462 e. The number of hydrogen-bond donors (Lipinski definition) is 0. The molecule has 0 spiro atoms. The summed E-state index contributed by atoms with van der Waals surface area (Å²) < 4.78 is 39.0. The minimum atomic E-state index is -0.828. The Kier molecular flexibility index (Phi) is 44.4. The average molecular weight is 1130 g/mol. The fourth-order valence-electron chi connectivity index (χ4n) is 10.6. The summed E-state index contributed by atoms with van der Waals surface area (Å²) in [4.78, 5) is 52.2. The average Bonchev–Trinajstić information content (AvgIpc) is 3.98. The number of carbonyl (C=O) groups excluding carboxylic acids is 4. The van der Waals surface area contributed by atoms with E-state index >= 15 is 0 Å². The molecule has 2 rings (SSSR count). The molecular formula is C66H120N3O9S+. The number of quaternary nitrogens is 1. The van der Waals surface area contributed by atoms with Crippen LogP contribution in [-0.2, 0) is 49.5 Å². The first-order chi connectivity index (χ1) is 38.4. The molecule has 0 saturated carbocycles. The van der Waals surface area contributed by atoms with E-state index in [4.69, 9.17) is 23.7 Å². The van der Waals surface area contributed by atoms with Gasteiger partial charge in [0.25, 0.3) is 0 Å². The summed E-state index contributed by atoms with van der Waals surface area (Å²) in [6.45, 7) is 15.2. The monoisotopic (exact) mass is 1130 g/mol. The van der Waals surface area contributed by atoms with Crippen molar-refractivity contribution in [2.75, 3.05) is 40.0 Å². The topological polar surface area (TPSA) is 140 Å². The zero-order valence-electron chi connectivity index (χ0n) is 52.0. The van der Waals surface area contributed by atoms with Crippen molar-refractivity contribution in [3.05, 3.63) is 17.5 Å². The molecule has 1 aliphatic rings. The molecule has 0 fully saturated rings. The normalized spacial score (nSPS) is 15.7. The van der Waals surface area contributed by atoms with E-state index in [0.29, 0.717) is 30.4 Å². The van der Waals surface area contributed by atoms with Crippen molar-refractivity contribution in [2.45, 2.75) is 324 Å². The van der Waals surface area contributed by atoms with E-state index in [-0.39, 0.29) is 55.2 Å². The molecule has 13 heteroatoms. The number of rotatable bonds is 54. The van der Waals surface area contributed by atoms with Crippen molar-refractivity contribution in [1.29, 1.82) is 0 Å². The van der Waals surface area contributed by atoms with Crippen LogP contribution in [0.1, 0.15) is 316 Å². The van der Waals surface area contributed by atoms with Crippen molar-refractivity contribution in [2.24, 2.45) is 11.8 Å². The molecule has 4 atom stereocenters. The SMILES string of the molecule is CCCCCCCCCCCCCCCC(=O)OCC(COC(=O)CCCCCCCCCCCCCCC)OC(=O)C(C)CCCCCCCCCC(C)C(=O)O[C@@H](C)[N+]1(C)CCC=C(c2nsnc2COCCCCC)C1. The summed E-state index contributed by atoms with van der Waals surface area (Å²) in [7, 11) is 2.17. The van der Waals surface area contributed by atoms with E-state index in [1.54, 1.807) is 0 Å². The van der Waals surface area contributed by atoms with Gasteiger partial charge in [-0.05, 0) is 32.1 Å². The number of hydrogen-bond acceptors (Lipinski definition) is 12. The van der Waals surface area contributed by atoms with Crippen LogP contribution >= 0.6 is 11.7 Å². The van der Waals surface area contributed by atoms with Gasteiger partial charge in [0, 0.05) is 38.4 Å². The fraction of sp³-hybridized carbons (Fsp3) is 0.879. The smallest absolute Gasteiger partial charge is 0.313 e. The second-order valence-corrected chi connectivity index (χ2v) is 24.5.